The van der Waals surface area contributed by atoms with Crippen LogP contribution in [0.15, 0.2) is 41.3 Å². The summed E-state index contributed by atoms with van der Waals surface area (Å²) < 4.78 is 13.5. The molecule has 0 fully saturated rings. The highest BCUT2D eigenvalue weighted by Gasteiger charge is 2.23. The normalized spacial score (nSPS) is 16.9. The average Bonchev–Trinajstić information content (AvgIpc) is 2.50. The summed E-state index contributed by atoms with van der Waals surface area (Å²) in [6.07, 6.45) is 0.735. The molecule has 114 valence electrons. The van der Waals surface area contributed by atoms with Crippen molar-refractivity contribution in [2.75, 3.05) is 5.75 Å². The van der Waals surface area contributed by atoms with E-state index in [-0.39, 0.29) is 28.5 Å². The molecule has 2 aromatic carbocycles. The Bertz CT molecular complexity index is 738. The second-order valence-electron chi connectivity index (χ2n) is 5.01. The Hall–Kier alpha value is -1.72. The Morgan fingerprint density at radius 3 is 2.91 bits per heavy atom. The van der Waals surface area contributed by atoms with Crippen LogP contribution in [0.4, 0.5) is 4.39 Å². The van der Waals surface area contributed by atoms with E-state index in [1.807, 2.05) is 0 Å². The molecule has 0 aliphatic carbocycles. The quantitative estimate of drug-likeness (QED) is 0.865. The number of benzene rings is 2. The SMILES string of the molecule is O=C(N[C@@H]1CCSc2ccc(F)cc21)c1ccc(O)c(Cl)c1. The molecule has 1 heterocycles. The van der Waals surface area contributed by atoms with Crippen LogP contribution in [0.25, 0.3) is 0 Å². The van der Waals surface area contributed by atoms with Crippen LogP contribution < -0.4 is 5.32 Å². The van der Waals surface area contributed by atoms with Gasteiger partial charge in [-0.25, -0.2) is 4.39 Å². The maximum Gasteiger partial charge on any atom is 0.251 e. The number of amides is 1. The smallest absolute Gasteiger partial charge is 0.251 e. The van der Waals surface area contributed by atoms with Crippen LogP contribution in [0, 0.1) is 5.82 Å². The first kappa shape index (κ1) is 15.2. The minimum Gasteiger partial charge on any atom is -0.506 e. The topological polar surface area (TPSA) is 49.3 Å². The summed E-state index contributed by atoms with van der Waals surface area (Å²) in [4.78, 5) is 13.3. The number of thioether (sulfide) groups is 1. The van der Waals surface area contributed by atoms with Crippen molar-refractivity contribution < 1.29 is 14.3 Å². The highest BCUT2D eigenvalue weighted by molar-refractivity contribution is 7.99. The number of phenols is 1. The second kappa shape index (κ2) is 6.18. The summed E-state index contributed by atoms with van der Waals surface area (Å²) in [7, 11) is 0. The van der Waals surface area contributed by atoms with Gasteiger partial charge >= 0.3 is 0 Å². The number of hydrogen-bond donors (Lipinski definition) is 2. The van der Waals surface area contributed by atoms with E-state index < -0.39 is 0 Å². The molecule has 0 saturated carbocycles. The van der Waals surface area contributed by atoms with Crippen molar-refractivity contribution >= 4 is 29.3 Å². The number of carbonyl (C=O) groups excluding carboxylic acids is 1. The van der Waals surface area contributed by atoms with E-state index in [0.29, 0.717) is 5.56 Å². The molecule has 3 rings (SSSR count). The van der Waals surface area contributed by atoms with Gasteiger partial charge in [0.1, 0.15) is 11.6 Å². The van der Waals surface area contributed by atoms with Gasteiger partial charge in [0.2, 0.25) is 0 Å². The molecule has 0 aromatic heterocycles. The molecule has 0 saturated heterocycles. The van der Waals surface area contributed by atoms with Crippen LogP contribution in [-0.2, 0) is 0 Å². The van der Waals surface area contributed by atoms with Crippen LogP contribution in [0.1, 0.15) is 28.4 Å². The first-order valence-corrected chi connectivity index (χ1v) is 8.12. The molecule has 1 aliphatic rings. The van der Waals surface area contributed by atoms with Crippen molar-refractivity contribution in [3.63, 3.8) is 0 Å². The van der Waals surface area contributed by atoms with E-state index in [9.17, 15) is 14.3 Å². The van der Waals surface area contributed by atoms with Crippen LogP contribution in [0.2, 0.25) is 5.02 Å². The van der Waals surface area contributed by atoms with E-state index in [1.54, 1.807) is 17.8 Å². The Kier molecular flexibility index (Phi) is 4.27. The fraction of sp³-hybridized carbons (Fsp3) is 0.188. The van der Waals surface area contributed by atoms with Gasteiger partial charge in [0.15, 0.2) is 0 Å². The number of phenolic OH excluding ortho intramolecular Hbond substituents is 1. The summed E-state index contributed by atoms with van der Waals surface area (Å²) in [5, 5.41) is 12.4. The van der Waals surface area contributed by atoms with E-state index >= 15 is 0 Å². The van der Waals surface area contributed by atoms with Crippen molar-refractivity contribution in [2.24, 2.45) is 0 Å². The standard InChI is InChI=1S/C16H13ClFNO2S/c17-12-7-9(1-3-14(12)20)16(21)19-13-5-6-22-15-4-2-10(18)8-11(13)15/h1-4,7-8,13,20H,5-6H2,(H,19,21)/t13-/m1/s1. The molecule has 1 atom stereocenters. The van der Waals surface area contributed by atoms with Gasteiger partial charge in [-0.1, -0.05) is 11.6 Å². The number of aromatic hydroxyl groups is 1. The Labute approximate surface area is 136 Å². The van der Waals surface area contributed by atoms with Crippen LogP contribution in [-0.4, -0.2) is 16.8 Å². The highest BCUT2D eigenvalue weighted by Crippen LogP contribution is 2.36. The van der Waals surface area contributed by atoms with Crippen LogP contribution >= 0.6 is 23.4 Å². The van der Waals surface area contributed by atoms with Crippen LogP contribution in [0.3, 0.4) is 0 Å². The first-order valence-electron chi connectivity index (χ1n) is 6.76. The number of fused-ring (bicyclic) bond motifs is 1. The lowest BCUT2D eigenvalue weighted by molar-refractivity contribution is 0.0935. The lowest BCUT2D eigenvalue weighted by atomic mass is 10.0. The molecule has 0 bridgehead atoms. The van der Waals surface area contributed by atoms with Gasteiger partial charge in [-0.05, 0) is 48.4 Å². The molecule has 22 heavy (non-hydrogen) atoms. The van der Waals surface area contributed by atoms with Crippen molar-refractivity contribution in [1.82, 2.24) is 5.32 Å². The molecule has 6 heteroatoms. The summed E-state index contributed by atoms with van der Waals surface area (Å²) in [6, 6.07) is 8.70. The van der Waals surface area contributed by atoms with E-state index in [4.69, 9.17) is 11.6 Å². The summed E-state index contributed by atoms with van der Waals surface area (Å²) in [5.74, 6) is 0.182. The lowest BCUT2D eigenvalue weighted by Gasteiger charge is -2.26. The second-order valence-corrected chi connectivity index (χ2v) is 6.56. The van der Waals surface area contributed by atoms with Gasteiger partial charge in [-0.2, -0.15) is 0 Å². The van der Waals surface area contributed by atoms with E-state index in [1.165, 1.54) is 30.3 Å². The van der Waals surface area contributed by atoms with E-state index in [0.717, 1.165) is 22.6 Å². The zero-order valence-corrected chi connectivity index (χ0v) is 13.0. The minimum atomic E-state index is -0.312. The van der Waals surface area contributed by atoms with Crippen molar-refractivity contribution in [1.29, 1.82) is 0 Å². The minimum absolute atomic E-state index is 0.0697. The predicted molar refractivity (Wildman–Crippen MR) is 85.1 cm³/mol. The van der Waals surface area contributed by atoms with E-state index in [2.05, 4.69) is 5.32 Å². The Morgan fingerprint density at radius 1 is 1.32 bits per heavy atom. The van der Waals surface area contributed by atoms with Gasteiger partial charge in [0.25, 0.3) is 5.91 Å². The average molecular weight is 338 g/mol. The molecule has 0 radical (unpaired) electrons. The lowest BCUT2D eigenvalue weighted by Crippen LogP contribution is -2.30. The van der Waals surface area contributed by atoms with Gasteiger partial charge in [0.05, 0.1) is 11.1 Å². The van der Waals surface area contributed by atoms with Crippen molar-refractivity contribution in [2.45, 2.75) is 17.4 Å². The third-order valence-electron chi connectivity index (χ3n) is 3.53. The fourth-order valence-electron chi connectivity index (χ4n) is 2.40. The number of hydrogen-bond acceptors (Lipinski definition) is 3. The predicted octanol–water partition coefficient (Wildman–Crippen LogP) is 4.15. The van der Waals surface area contributed by atoms with Crippen molar-refractivity contribution in [3.05, 3.63) is 58.4 Å². The molecule has 1 aliphatic heterocycles. The first-order chi connectivity index (χ1) is 10.5. The Morgan fingerprint density at radius 2 is 2.14 bits per heavy atom. The zero-order valence-electron chi connectivity index (χ0n) is 11.5. The molecule has 2 aromatic rings. The number of rotatable bonds is 2. The number of carbonyl (C=O) groups is 1. The summed E-state index contributed by atoms with van der Waals surface area (Å²) in [6.45, 7) is 0. The maximum atomic E-state index is 13.5. The number of nitrogens with one attached hydrogen (secondary N) is 1. The Balaban J connectivity index is 1.83. The third-order valence-corrected chi connectivity index (χ3v) is 4.95. The number of halogens is 2. The summed E-state index contributed by atoms with van der Waals surface area (Å²) in [5.41, 5.74) is 1.16. The fourth-order valence-corrected chi connectivity index (χ4v) is 3.69. The molecule has 2 N–H and O–H groups in total. The monoisotopic (exact) mass is 337 g/mol. The molecular formula is C16H13ClFNO2S. The maximum absolute atomic E-state index is 13.5. The molecule has 0 spiro atoms. The van der Waals surface area contributed by atoms with Gasteiger partial charge < -0.3 is 10.4 Å². The zero-order chi connectivity index (χ0) is 15.7. The van der Waals surface area contributed by atoms with Crippen LogP contribution in [0.5, 0.6) is 5.75 Å². The van der Waals surface area contributed by atoms with Gasteiger partial charge in [-0.15, -0.1) is 11.8 Å². The molecule has 3 nitrogen and oxygen atoms in total. The molecule has 1 amide bonds. The largest absolute Gasteiger partial charge is 0.506 e. The summed E-state index contributed by atoms with van der Waals surface area (Å²) >= 11 is 7.48. The van der Waals surface area contributed by atoms with Crippen molar-refractivity contribution in [3.8, 4) is 5.75 Å². The third kappa shape index (κ3) is 3.05. The van der Waals surface area contributed by atoms with Gasteiger partial charge in [-0.3, -0.25) is 4.79 Å². The molecular weight excluding hydrogens is 325 g/mol. The molecule has 0 unspecified atom stereocenters. The highest BCUT2D eigenvalue weighted by atomic mass is 35.5. The van der Waals surface area contributed by atoms with Gasteiger partial charge in [0, 0.05) is 16.2 Å².